The Bertz CT molecular complexity index is 171. The Hall–Kier alpha value is 1.48. The van der Waals surface area contributed by atoms with E-state index in [-0.39, 0.29) is 0 Å². The maximum atomic E-state index is 5.07. The number of hydrogen-bond acceptors (Lipinski definition) is 3. The average Bonchev–Trinajstić information content (AvgIpc) is 2.25. The minimum atomic E-state index is -2.00. The molecule has 0 atom stereocenters. The molecule has 0 heterocycles. The predicted octanol–water partition coefficient (Wildman–Crippen LogP) is 6.28. The third-order valence-corrected chi connectivity index (χ3v) is 14.2. The van der Waals surface area contributed by atoms with E-state index in [1.165, 1.54) is 56.6 Å². The first-order valence-electron chi connectivity index (χ1n) is 6.63. The number of thiol groups is 2. The molecule has 0 fully saturated rings. The van der Waals surface area contributed by atoms with Gasteiger partial charge in [-0.1, -0.05) is 0 Å². The fraction of sp³-hybridized carbons (Fsp3) is 1.00. The Morgan fingerprint density at radius 1 is 0.812 bits per heavy atom. The number of hydrogen-bond donors (Lipinski definition) is 2. The second-order valence-corrected chi connectivity index (χ2v) is 20.6. The van der Waals surface area contributed by atoms with Gasteiger partial charge in [-0.25, -0.2) is 0 Å². The van der Waals surface area contributed by atoms with Gasteiger partial charge in [0, 0.05) is 0 Å². The third-order valence-electron chi connectivity index (χ3n) is 2.81. The van der Waals surface area contributed by atoms with Crippen molar-refractivity contribution in [2.75, 3.05) is 18.1 Å². The Kier molecular flexibility index (Phi) is 9.35. The first-order chi connectivity index (χ1) is 7.46. The molecule has 0 N–H and O–H groups in total. The quantitative estimate of drug-likeness (QED) is 0.272. The van der Waals surface area contributed by atoms with Crippen molar-refractivity contribution in [2.24, 2.45) is 0 Å². The number of rotatable bonds is 10. The topological polar surface area (TPSA) is 0 Å². The van der Waals surface area contributed by atoms with Crippen LogP contribution in [0.1, 0.15) is 59.3 Å². The normalized spacial score (nSPS) is 14.7. The molecule has 100 valence electrons. The summed E-state index contributed by atoms with van der Waals surface area (Å²) in [4.78, 5) is 0. The van der Waals surface area contributed by atoms with Crippen molar-refractivity contribution in [3.63, 3.8) is 0 Å². The van der Waals surface area contributed by atoms with Gasteiger partial charge in [0.15, 0.2) is 0 Å². The summed E-state index contributed by atoms with van der Waals surface area (Å²) in [5.74, 6) is 1.24. The van der Waals surface area contributed by atoms with Crippen molar-refractivity contribution >= 4 is 40.1 Å². The molecule has 0 saturated heterocycles. The Morgan fingerprint density at radius 3 is 1.62 bits per heavy atom. The summed E-state index contributed by atoms with van der Waals surface area (Å²) in [7, 11) is 0. The van der Waals surface area contributed by atoms with Crippen LogP contribution in [0.5, 0.6) is 0 Å². The summed E-state index contributed by atoms with van der Waals surface area (Å²) in [5, 5.41) is 0. The molecule has 0 aliphatic rings. The second-order valence-electron chi connectivity index (χ2n) is 4.64. The van der Waals surface area contributed by atoms with Gasteiger partial charge >= 0.3 is 117 Å². The zero-order chi connectivity index (χ0) is 12.5. The molecule has 0 aromatic carbocycles. The van der Waals surface area contributed by atoms with Crippen LogP contribution in [0.15, 0.2) is 0 Å². The number of unbranched alkanes of at least 4 members (excludes halogenated alkanes) is 3. The van der Waals surface area contributed by atoms with E-state index >= 15 is 0 Å². The summed E-state index contributed by atoms with van der Waals surface area (Å²) in [6, 6.07) is 0. The molecule has 0 nitrogen and oxygen atoms in total. The minimum absolute atomic E-state index is 1.24. The van der Waals surface area contributed by atoms with E-state index in [1.54, 1.807) is 0 Å². The fourth-order valence-electron chi connectivity index (χ4n) is 1.61. The first-order valence-corrected chi connectivity index (χ1v) is 13.1. The molecular weight excluding hydrogens is 271 g/mol. The van der Waals surface area contributed by atoms with Gasteiger partial charge in [-0.2, -0.15) is 0 Å². The van der Waals surface area contributed by atoms with E-state index in [9.17, 15) is 0 Å². The summed E-state index contributed by atoms with van der Waals surface area (Å²) in [6.45, 7) is 6.77. The zero-order valence-electron chi connectivity index (χ0n) is 11.1. The van der Waals surface area contributed by atoms with Crippen LogP contribution in [0.4, 0.5) is 0 Å². The summed E-state index contributed by atoms with van der Waals surface area (Å²) in [5.41, 5.74) is 0. The molecule has 0 aromatic rings. The molecule has 0 bridgehead atoms. The van der Waals surface area contributed by atoms with Gasteiger partial charge in [0.05, 0.1) is 0 Å². The molecule has 0 aliphatic heterocycles. The van der Waals surface area contributed by atoms with E-state index in [2.05, 4.69) is 32.2 Å². The average molecular weight is 301 g/mol. The fourth-order valence-corrected chi connectivity index (χ4v) is 11.2. The van der Waals surface area contributed by atoms with E-state index in [4.69, 9.17) is 24.5 Å². The van der Waals surface area contributed by atoms with Crippen LogP contribution in [-0.2, 0) is 0 Å². The second kappa shape index (κ2) is 8.56. The Morgan fingerprint density at radius 2 is 1.25 bits per heavy atom. The van der Waals surface area contributed by atoms with E-state index in [0.717, 1.165) is 0 Å². The van der Waals surface area contributed by atoms with Gasteiger partial charge in [0.2, 0.25) is 0 Å². The van der Waals surface area contributed by atoms with Crippen LogP contribution in [0, 0.1) is 0 Å². The molecule has 0 aromatic heterocycles. The molecule has 0 amide bonds. The van der Waals surface area contributed by atoms with Gasteiger partial charge in [-0.05, 0) is 0 Å². The molecule has 0 rings (SSSR count). The van der Waals surface area contributed by atoms with Crippen molar-refractivity contribution in [2.45, 2.75) is 59.3 Å². The van der Waals surface area contributed by atoms with Crippen LogP contribution < -0.4 is 0 Å². The van der Waals surface area contributed by atoms with E-state index in [0.29, 0.717) is 0 Å². The summed E-state index contributed by atoms with van der Waals surface area (Å²) < 4.78 is -2.00. The molecule has 0 aliphatic carbocycles. The van der Waals surface area contributed by atoms with Crippen molar-refractivity contribution in [3.05, 3.63) is 0 Å². The van der Waals surface area contributed by atoms with E-state index in [1.807, 2.05) is 0 Å². The van der Waals surface area contributed by atoms with Gasteiger partial charge < -0.3 is 0 Å². The maximum absolute atomic E-state index is 5.07. The molecule has 16 heavy (non-hydrogen) atoms. The first kappa shape index (κ1) is 17.5. The van der Waals surface area contributed by atoms with Gasteiger partial charge in [0.25, 0.3) is 0 Å². The van der Waals surface area contributed by atoms with Crippen LogP contribution in [-0.4, -0.2) is 18.1 Å². The standard InChI is InChI=1S/C12H29PS3/c1-4-7-10-13(14,15,11-8-5-2)16-12-9-6-3/h14-15H,4-12H2,1-3H3. The van der Waals surface area contributed by atoms with Crippen molar-refractivity contribution in [1.29, 1.82) is 0 Å². The Labute approximate surface area is 117 Å². The molecule has 0 saturated carbocycles. The van der Waals surface area contributed by atoms with Gasteiger partial charge in [-0.15, -0.1) is 0 Å². The molecule has 4 heteroatoms. The summed E-state index contributed by atoms with van der Waals surface area (Å²) >= 11 is 12.2. The predicted molar refractivity (Wildman–Crippen MR) is 91.8 cm³/mol. The molecule has 0 radical (unpaired) electrons. The SMILES string of the molecule is CCCCSP(S)(S)(CCCC)CCCC. The third kappa shape index (κ3) is 7.74. The van der Waals surface area contributed by atoms with Crippen LogP contribution in [0.3, 0.4) is 0 Å². The Balaban J connectivity index is 4.31. The van der Waals surface area contributed by atoms with Crippen LogP contribution in [0.2, 0.25) is 0 Å². The van der Waals surface area contributed by atoms with Crippen molar-refractivity contribution in [3.8, 4) is 0 Å². The molecule has 0 spiro atoms. The van der Waals surface area contributed by atoms with Crippen LogP contribution >= 0.6 is 40.1 Å². The van der Waals surface area contributed by atoms with Crippen LogP contribution in [0.25, 0.3) is 0 Å². The summed E-state index contributed by atoms with van der Waals surface area (Å²) in [6.07, 6.45) is 10.2. The van der Waals surface area contributed by atoms with Gasteiger partial charge in [0.1, 0.15) is 0 Å². The van der Waals surface area contributed by atoms with Crippen molar-refractivity contribution < 1.29 is 0 Å². The zero-order valence-corrected chi connectivity index (χ0v) is 14.6. The van der Waals surface area contributed by atoms with Gasteiger partial charge in [-0.3, -0.25) is 0 Å². The molecular formula is C12H29PS3. The monoisotopic (exact) mass is 300 g/mol. The van der Waals surface area contributed by atoms with E-state index < -0.39 is 4.21 Å². The van der Waals surface area contributed by atoms with Crippen molar-refractivity contribution in [1.82, 2.24) is 0 Å². The molecule has 0 unspecified atom stereocenters.